The second kappa shape index (κ2) is 8.46. The van der Waals surface area contributed by atoms with Crippen molar-refractivity contribution in [3.8, 4) is 0 Å². The topological polar surface area (TPSA) is 68.7 Å². The molecule has 1 aliphatic heterocycles. The van der Waals surface area contributed by atoms with Crippen LogP contribution in [0.2, 0.25) is 5.15 Å². The van der Waals surface area contributed by atoms with Gasteiger partial charge >= 0.3 is 12.1 Å². The van der Waals surface area contributed by atoms with Gasteiger partial charge in [0, 0.05) is 18.8 Å². The number of pyridine rings is 1. The maximum Gasteiger partial charge on any atom is 0.410 e. The van der Waals surface area contributed by atoms with E-state index < -0.39 is 11.0 Å². The fourth-order valence-corrected chi connectivity index (χ4v) is 3.64. The molecule has 0 saturated carbocycles. The van der Waals surface area contributed by atoms with Crippen molar-refractivity contribution in [3.05, 3.63) is 28.5 Å². The number of likely N-dealkylation sites (tertiary alicyclic amines) is 1. The predicted octanol–water partition coefficient (Wildman–Crippen LogP) is 4.17. The van der Waals surface area contributed by atoms with Crippen molar-refractivity contribution in [2.45, 2.75) is 59.5 Å². The highest BCUT2D eigenvalue weighted by Gasteiger charge is 2.44. The fraction of sp³-hybridized carbons (Fsp3) is 0.650. The molecular weight excluding hydrogens is 368 g/mol. The van der Waals surface area contributed by atoms with Crippen molar-refractivity contribution >= 4 is 23.7 Å². The lowest BCUT2D eigenvalue weighted by Crippen LogP contribution is -2.49. The molecule has 1 aliphatic rings. The average molecular weight is 397 g/mol. The van der Waals surface area contributed by atoms with Crippen LogP contribution in [0, 0.1) is 12.3 Å². The molecule has 0 spiro atoms. The van der Waals surface area contributed by atoms with E-state index in [-0.39, 0.29) is 12.1 Å². The Hall–Kier alpha value is -1.82. The Morgan fingerprint density at radius 2 is 1.89 bits per heavy atom. The number of carbonyl (C=O) groups excluding carboxylic acids is 2. The van der Waals surface area contributed by atoms with E-state index in [0.29, 0.717) is 44.1 Å². The van der Waals surface area contributed by atoms with Crippen LogP contribution in [-0.4, -0.2) is 47.2 Å². The molecule has 27 heavy (non-hydrogen) atoms. The number of rotatable bonds is 4. The largest absolute Gasteiger partial charge is 0.466 e. The van der Waals surface area contributed by atoms with Gasteiger partial charge in [0.05, 0.1) is 12.0 Å². The van der Waals surface area contributed by atoms with Crippen LogP contribution in [-0.2, 0) is 20.7 Å². The number of halogens is 1. The minimum absolute atomic E-state index is 0.223. The van der Waals surface area contributed by atoms with Crippen molar-refractivity contribution in [1.29, 1.82) is 0 Å². The van der Waals surface area contributed by atoms with Crippen LogP contribution in [0.4, 0.5) is 4.79 Å². The first kappa shape index (κ1) is 21.5. The summed E-state index contributed by atoms with van der Waals surface area (Å²) >= 11 is 6.08. The Labute approximate surface area is 166 Å². The smallest absolute Gasteiger partial charge is 0.410 e. The molecule has 7 heteroatoms. The lowest BCUT2D eigenvalue weighted by Gasteiger charge is -2.40. The van der Waals surface area contributed by atoms with E-state index in [2.05, 4.69) is 4.98 Å². The molecule has 1 aromatic heterocycles. The summed E-state index contributed by atoms with van der Waals surface area (Å²) in [6, 6.07) is 3.73. The summed E-state index contributed by atoms with van der Waals surface area (Å²) in [6.07, 6.45) is 1.20. The van der Waals surface area contributed by atoms with E-state index >= 15 is 0 Å². The van der Waals surface area contributed by atoms with Gasteiger partial charge in [0.1, 0.15) is 10.8 Å². The van der Waals surface area contributed by atoms with Crippen LogP contribution in [0.25, 0.3) is 0 Å². The molecule has 150 valence electrons. The molecule has 2 rings (SSSR count). The molecule has 0 aliphatic carbocycles. The normalized spacial score (nSPS) is 16.7. The van der Waals surface area contributed by atoms with Crippen molar-refractivity contribution in [2.24, 2.45) is 5.41 Å². The maximum absolute atomic E-state index is 12.8. The lowest BCUT2D eigenvalue weighted by molar-refractivity contribution is -0.158. The Morgan fingerprint density at radius 3 is 2.41 bits per heavy atom. The van der Waals surface area contributed by atoms with Gasteiger partial charge in [-0.15, -0.1) is 0 Å². The van der Waals surface area contributed by atoms with Crippen molar-refractivity contribution in [3.63, 3.8) is 0 Å². The van der Waals surface area contributed by atoms with E-state index in [1.165, 1.54) is 0 Å². The highest BCUT2D eigenvalue weighted by atomic mass is 35.5. The molecule has 2 heterocycles. The second-order valence-corrected chi connectivity index (χ2v) is 8.47. The molecule has 0 N–H and O–H groups in total. The van der Waals surface area contributed by atoms with Gasteiger partial charge in [-0.25, -0.2) is 9.78 Å². The van der Waals surface area contributed by atoms with Crippen molar-refractivity contribution < 1.29 is 19.1 Å². The summed E-state index contributed by atoms with van der Waals surface area (Å²) in [6.45, 7) is 10.4. The minimum Gasteiger partial charge on any atom is -0.466 e. The number of aryl methyl sites for hydroxylation is 1. The molecule has 1 aromatic rings. The molecule has 0 unspecified atom stereocenters. The van der Waals surface area contributed by atoms with Gasteiger partial charge in [-0.05, 0) is 71.6 Å². The van der Waals surface area contributed by atoms with Gasteiger partial charge < -0.3 is 14.4 Å². The summed E-state index contributed by atoms with van der Waals surface area (Å²) in [5.74, 6) is -0.223. The number of nitrogens with zero attached hydrogens (tertiary/aromatic N) is 2. The summed E-state index contributed by atoms with van der Waals surface area (Å²) < 4.78 is 10.8. The van der Waals surface area contributed by atoms with Crippen LogP contribution in [0.1, 0.15) is 51.8 Å². The quantitative estimate of drug-likeness (QED) is 0.564. The highest BCUT2D eigenvalue weighted by molar-refractivity contribution is 6.29. The number of ether oxygens (including phenoxy) is 2. The number of esters is 1. The third-order valence-corrected chi connectivity index (χ3v) is 4.80. The van der Waals surface area contributed by atoms with Gasteiger partial charge in [0.15, 0.2) is 0 Å². The number of amides is 1. The van der Waals surface area contributed by atoms with Crippen molar-refractivity contribution in [1.82, 2.24) is 9.88 Å². The molecule has 0 atom stereocenters. The molecule has 1 amide bonds. The predicted molar refractivity (Wildman–Crippen MR) is 104 cm³/mol. The molecule has 1 saturated heterocycles. The Kier molecular flexibility index (Phi) is 6.73. The number of carbonyl (C=O) groups is 2. The molecule has 0 radical (unpaired) electrons. The summed E-state index contributed by atoms with van der Waals surface area (Å²) in [5, 5.41) is 0.412. The molecule has 0 bridgehead atoms. The first-order valence-corrected chi connectivity index (χ1v) is 9.71. The molecular formula is C20H29ClN2O4. The fourth-order valence-electron chi connectivity index (χ4n) is 3.37. The number of piperidine rings is 1. The van der Waals surface area contributed by atoms with E-state index in [1.807, 2.05) is 33.8 Å². The van der Waals surface area contributed by atoms with Gasteiger partial charge in [-0.2, -0.15) is 0 Å². The van der Waals surface area contributed by atoms with Gasteiger partial charge in [-0.1, -0.05) is 11.6 Å². The number of hydrogen-bond acceptors (Lipinski definition) is 5. The first-order valence-electron chi connectivity index (χ1n) is 9.33. The zero-order valence-electron chi connectivity index (χ0n) is 16.8. The average Bonchev–Trinajstić information content (AvgIpc) is 2.53. The molecule has 1 fully saturated rings. The first-order chi connectivity index (χ1) is 12.5. The summed E-state index contributed by atoms with van der Waals surface area (Å²) in [5.41, 5.74) is 0.540. The van der Waals surface area contributed by atoms with Crippen LogP contribution < -0.4 is 0 Å². The van der Waals surface area contributed by atoms with Crippen LogP contribution in [0.3, 0.4) is 0 Å². The molecule has 6 nitrogen and oxygen atoms in total. The third kappa shape index (κ3) is 5.83. The SMILES string of the molecule is CCOC(=O)C1(Cc2cc(C)nc(Cl)c2)CCN(C(=O)OC(C)(C)C)CC1. The third-order valence-electron chi connectivity index (χ3n) is 4.61. The van der Waals surface area contributed by atoms with Gasteiger partial charge in [0.25, 0.3) is 0 Å². The highest BCUT2D eigenvalue weighted by Crippen LogP contribution is 2.37. The van der Waals surface area contributed by atoms with E-state index in [1.54, 1.807) is 17.9 Å². The van der Waals surface area contributed by atoms with Crippen molar-refractivity contribution in [2.75, 3.05) is 19.7 Å². The van der Waals surface area contributed by atoms with Crippen LogP contribution in [0.5, 0.6) is 0 Å². The summed E-state index contributed by atoms with van der Waals surface area (Å²) in [7, 11) is 0. The Bertz CT molecular complexity index is 671. The lowest BCUT2D eigenvalue weighted by atomic mass is 9.74. The maximum atomic E-state index is 12.8. The Balaban J connectivity index is 2.17. The number of hydrogen-bond donors (Lipinski definition) is 0. The monoisotopic (exact) mass is 396 g/mol. The second-order valence-electron chi connectivity index (χ2n) is 8.08. The Morgan fingerprint density at radius 1 is 1.26 bits per heavy atom. The van der Waals surface area contributed by atoms with E-state index in [9.17, 15) is 9.59 Å². The molecule has 0 aromatic carbocycles. The van der Waals surface area contributed by atoms with E-state index in [0.717, 1.165) is 11.3 Å². The zero-order valence-corrected chi connectivity index (χ0v) is 17.6. The van der Waals surface area contributed by atoms with Crippen LogP contribution in [0.15, 0.2) is 12.1 Å². The van der Waals surface area contributed by atoms with Gasteiger partial charge in [-0.3, -0.25) is 4.79 Å². The minimum atomic E-state index is -0.675. The van der Waals surface area contributed by atoms with Crippen LogP contribution >= 0.6 is 11.6 Å². The summed E-state index contributed by atoms with van der Waals surface area (Å²) in [4.78, 5) is 31.0. The van der Waals surface area contributed by atoms with Gasteiger partial charge in [0.2, 0.25) is 0 Å². The number of aromatic nitrogens is 1. The van der Waals surface area contributed by atoms with E-state index in [4.69, 9.17) is 21.1 Å². The zero-order chi connectivity index (χ0) is 20.2. The standard InChI is InChI=1S/C20H29ClN2O4/c1-6-26-17(24)20(13-15-11-14(2)22-16(21)12-15)7-9-23(10-8-20)18(25)27-19(3,4)5/h11-12H,6-10,13H2,1-5H3.